The maximum absolute atomic E-state index is 5.93. The lowest BCUT2D eigenvalue weighted by Crippen LogP contribution is -2.29. The largest absolute Gasteiger partial charge is 0.378 e. The van der Waals surface area contributed by atoms with Crippen LogP contribution in [0.2, 0.25) is 0 Å². The van der Waals surface area contributed by atoms with Gasteiger partial charge in [-0.15, -0.1) is 0 Å². The minimum absolute atomic E-state index is 0.0356. The molecule has 4 aromatic rings. The minimum Gasteiger partial charge on any atom is -0.378 e. The molecule has 0 amide bonds. The normalized spacial score (nSPS) is 17.5. The predicted octanol–water partition coefficient (Wildman–Crippen LogP) is 6.04. The monoisotopic (exact) mass is 481 g/mol. The van der Waals surface area contributed by atoms with Crippen molar-refractivity contribution in [2.75, 3.05) is 23.9 Å². The molecule has 1 N–H and O–H groups in total. The zero-order valence-corrected chi connectivity index (χ0v) is 21.7. The van der Waals surface area contributed by atoms with Gasteiger partial charge < -0.3 is 19.7 Å². The summed E-state index contributed by atoms with van der Waals surface area (Å²) in [5.41, 5.74) is 9.31. The average molecular weight is 482 g/mol. The maximum atomic E-state index is 5.93. The van der Waals surface area contributed by atoms with E-state index in [0.717, 1.165) is 17.1 Å². The van der Waals surface area contributed by atoms with Gasteiger partial charge in [-0.3, -0.25) is 4.98 Å². The zero-order valence-electron chi connectivity index (χ0n) is 20.9. The van der Waals surface area contributed by atoms with Crippen LogP contribution in [-0.4, -0.2) is 28.8 Å². The standard InChI is InChI=1S/C29H31N5S/c1-19-10-6-7-12-26(19)33-20(2)18-24(21(33)3)28-27(25-11-8-9-17-30-25)31-29(35)34(28)23-15-13-22(14-16-23)32(4)5/h6-18,27-28H,1-5H3,(H,31,35). The third-order valence-corrected chi connectivity index (χ3v) is 7.20. The summed E-state index contributed by atoms with van der Waals surface area (Å²) in [6.07, 6.45) is 1.85. The topological polar surface area (TPSA) is 36.3 Å². The van der Waals surface area contributed by atoms with E-state index in [9.17, 15) is 0 Å². The molecular weight excluding hydrogens is 450 g/mol. The first-order chi connectivity index (χ1) is 16.9. The molecule has 1 aliphatic heterocycles. The Labute approximate surface area is 213 Å². The van der Waals surface area contributed by atoms with E-state index in [-0.39, 0.29) is 12.1 Å². The van der Waals surface area contributed by atoms with Gasteiger partial charge in [-0.2, -0.15) is 0 Å². The van der Waals surface area contributed by atoms with Crippen molar-refractivity contribution in [3.63, 3.8) is 0 Å². The van der Waals surface area contributed by atoms with Gasteiger partial charge in [0.1, 0.15) is 0 Å². The molecule has 0 bridgehead atoms. The first-order valence-corrected chi connectivity index (χ1v) is 12.3. The summed E-state index contributed by atoms with van der Waals surface area (Å²) in [5, 5.41) is 4.30. The van der Waals surface area contributed by atoms with Crippen molar-refractivity contribution in [1.82, 2.24) is 14.9 Å². The van der Waals surface area contributed by atoms with Crippen LogP contribution in [0.3, 0.4) is 0 Å². The first-order valence-electron chi connectivity index (χ1n) is 11.9. The molecule has 0 radical (unpaired) electrons. The predicted molar refractivity (Wildman–Crippen MR) is 149 cm³/mol. The van der Waals surface area contributed by atoms with Crippen molar-refractivity contribution in [1.29, 1.82) is 0 Å². The summed E-state index contributed by atoms with van der Waals surface area (Å²) in [5.74, 6) is 0. The van der Waals surface area contributed by atoms with Crippen LogP contribution in [0.15, 0.2) is 79.0 Å². The fourth-order valence-corrected chi connectivity index (χ4v) is 5.48. The molecule has 1 aliphatic rings. The number of hydrogen-bond donors (Lipinski definition) is 1. The number of benzene rings is 2. The summed E-state index contributed by atoms with van der Waals surface area (Å²) in [6.45, 7) is 6.55. The SMILES string of the molecule is Cc1ccccc1-n1c(C)cc(C2C(c3ccccn3)NC(=S)N2c2ccc(N(C)C)cc2)c1C. The van der Waals surface area contributed by atoms with Gasteiger partial charge in [0.05, 0.1) is 17.8 Å². The van der Waals surface area contributed by atoms with Gasteiger partial charge in [0.2, 0.25) is 0 Å². The van der Waals surface area contributed by atoms with Crippen LogP contribution in [0.5, 0.6) is 0 Å². The second-order valence-corrected chi connectivity index (χ2v) is 9.74. The molecule has 2 unspecified atom stereocenters. The summed E-state index contributed by atoms with van der Waals surface area (Å²) in [6, 6.07) is 25.4. The second kappa shape index (κ2) is 9.19. The van der Waals surface area contributed by atoms with Crippen LogP contribution in [-0.2, 0) is 0 Å². The molecule has 2 aromatic carbocycles. The van der Waals surface area contributed by atoms with Gasteiger partial charge in [0, 0.05) is 48.7 Å². The lowest BCUT2D eigenvalue weighted by atomic mass is 9.96. The third kappa shape index (κ3) is 4.08. The van der Waals surface area contributed by atoms with Gasteiger partial charge in [0.25, 0.3) is 0 Å². The number of pyridine rings is 1. The van der Waals surface area contributed by atoms with Crippen molar-refractivity contribution in [3.8, 4) is 5.69 Å². The smallest absolute Gasteiger partial charge is 0.174 e. The molecule has 0 spiro atoms. The van der Waals surface area contributed by atoms with Crippen LogP contribution in [0.1, 0.15) is 40.3 Å². The van der Waals surface area contributed by atoms with E-state index < -0.39 is 0 Å². The van der Waals surface area contributed by atoms with E-state index in [4.69, 9.17) is 17.2 Å². The molecule has 0 saturated carbocycles. The lowest BCUT2D eigenvalue weighted by molar-refractivity contribution is 0.565. The average Bonchev–Trinajstić information content (AvgIpc) is 3.35. The van der Waals surface area contributed by atoms with Gasteiger partial charge in [-0.1, -0.05) is 24.3 Å². The molecular formula is C29H31N5S. The fourth-order valence-electron chi connectivity index (χ4n) is 5.13. The highest BCUT2D eigenvalue weighted by Gasteiger charge is 2.42. The van der Waals surface area contributed by atoms with Crippen LogP contribution in [0.25, 0.3) is 5.69 Å². The molecule has 6 heteroatoms. The maximum Gasteiger partial charge on any atom is 0.174 e. The van der Waals surface area contributed by atoms with Gasteiger partial charge in [0.15, 0.2) is 5.11 Å². The Bertz CT molecular complexity index is 1360. The highest BCUT2D eigenvalue weighted by Crippen LogP contribution is 2.44. The van der Waals surface area contributed by atoms with E-state index in [2.05, 4.69) is 115 Å². The van der Waals surface area contributed by atoms with E-state index in [0.29, 0.717) is 5.11 Å². The van der Waals surface area contributed by atoms with Crippen LogP contribution in [0.4, 0.5) is 11.4 Å². The number of nitrogens with one attached hydrogen (secondary N) is 1. The van der Waals surface area contributed by atoms with Crippen LogP contribution in [0, 0.1) is 20.8 Å². The highest BCUT2D eigenvalue weighted by molar-refractivity contribution is 7.80. The van der Waals surface area contributed by atoms with E-state index >= 15 is 0 Å². The number of hydrogen-bond acceptors (Lipinski definition) is 3. The Kier molecular flexibility index (Phi) is 6.07. The fraction of sp³-hybridized carbons (Fsp3) is 0.241. The van der Waals surface area contributed by atoms with E-state index in [1.165, 1.54) is 28.2 Å². The van der Waals surface area contributed by atoms with Crippen LogP contribution < -0.4 is 15.1 Å². The number of para-hydroxylation sites is 1. The van der Waals surface area contributed by atoms with E-state index in [1.54, 1.807) is 0 Å². The molecule has 2 aromatic heterocycles. The second-order valence-electron chi connectivity index (χ2n) is 9.36. The van der Waals surface area contributed by atoms with Crippen LogP contribution >= 0.6 is 12.2 Å². The Morgan fingerprint density at radius 1 is 0.914 bits per heavy atom. The number of aryl methyl sites for hydroxylation is 2. The van der Waals surface area contributed by atoms with Crippen molar-refractivity contribution in [2.45, 2.75) is 32.9 Å². The summed E-state index contributed by atoms with van der Waals surface area (Å²) in [7, 11) is 4.11. The number of rotatable bonds is 5. The summed E-state index contributed by atoms with van der Waals surface area (Å²) >= 11 is 5.93. The molecule has 5 nitrogen and oxygen atoms in total. The van der Waals surface area contributed by atoms with Crippen molar-refractivity contribution in [2.24, 2.45) is 0 Å². The highest BCUT2D eigenvalue weighted by atomic mass is 32.1. The Morgan fingerprint density at radius 2 is 1.63 bits per heavy atom. The first kappa shape index (κ1) is 23.1. The molecule has 2 atom stereocenters. The van der Waals surface area contributed by atoms with E-state index in [1.807, 2.05) is 18.3 Å². The third-order valence-electron chi connectivity index (χ3n) is 6.89. The minimum atomic E-state index is -0.0666. The van der Waals surface area contributed by atoms with Crippen molar-refractivity contribution >= 4 is 28.7 Å². The number of aromatic nitrogens is 2. The molecule has 3 heterocycles. The Hall–Kier alpha value is -3.64. The van der Waals surface area contributed by atoms with Gasteiger partial charge >= 0.3 is 0 Å². The van der Waals surface area contributed by atoms with Gasteiger partial charge in [-0.05, 0) is 92.6 Å². The van der Waals surface area contributed by atoms with Gasteiger partial charge in [-0.25, -0.2) is 0 Å². The molecule has 1 saturated heterocycles. The number of anilines is 2. The summed E-state index contributed by atoms with van der Waals surface area (Å²) < 4.78 is 2.36. The lowest BCUT2D eigenvalue weighted by Gasteiger charge is -2.28. The number of thiocarbonyl (C=S) groups is 1. The molecule has 35 heavy (non-hydrogen) atoms. The summed E-state index contributed by atoms with van der Waals surface area (Å²) in [4.78, 5) is 9.06. The molecule has 1 fully saturated rings. The molecule has 5 rings (SSSR count). The van der Waals surface area contributed by atoms with Crippen molar-refractivity contribution in [3.05, 3.63) is 107 Å². The molecule has 178 valence electrons. The van der Waals surface area contributed by atoms with Crippen molar-refractivity contribution < 1.29 is 0 Å². The Balaban J connectivity index is 1.67. The number of nitrogens with zero attached hydrogens (tertiary/aromatic N) is 4. The zero-order chi connectivity index (χ0) is 24.7. The Morgan fingerprint density at radius 3 is 2.29 bits per heavy atom. The quantitative estimate of drug-likeness (QED) is 0.352. The molecule has 0 aliphatic carbocycles.